The SMILES string of the molecule is Cc1ccc(C)c2[nH]c(=O)c(CN(CCCN(C)C)C(=O)Nc3ccccc3)cc12. The summed E-state index contributed by atoms with van der Waals surface area (Å²) in [6.45, 7) is 5.69. The number of carbonyl (C=O) groups excluding carboxylic acids is 1. The number of hydrogen-bond donors (Lipinski definition) is 2. The third kappa shape index (κ3) is 5.27. The summed E-state index contributed by atoms with van der Waals surface area (Å²) in [6.07, 6.45) is 0.818. The Bertz CT molecular complexity index is 1070. The Balaban J connectivity index is 1.88. The van der Waals surface area contributed by atoms with Gasteiger partial charge in [0.05, 0.1) is 12.1 Å². The predicted octanol–water partition coefficient (Wildman–Crippen LogP) is 4.13. The Kier molecular flexibility index (Phi) is 6.90. The Labute approximate surface area is 177 Å². The van der Waals surface area contributed by atoms with Crippen LogP contribution in [-0.4, -0.2) is 48.0 Å². The van der Waals surface area contributed by atoms with Crippen molar-refractivity contribution in [1.29, 1.82) is 0 Å². The average Bonchev–Trinajstić information content (AvgIpc) is 2.71. The first kappa shape index (κ1) is 21.6. The lowest BCUT2D eigenvalue weighted by Crippen LogP contribution is -2.37. The largest absolute Gasteiger partial charge is 0.322 e. The number of amides is 2. The summed E-state index contributed by atoms with van der Waals surface area (Å²) in [7, 11) is 4.01. The maximum atomic E-state index is 13.0. The molecule has 2 N–H and O–H groups in total. The number of carbonyl (C=O) groups is 1. The molecule has 6 heteroatoms. The van der Waals surface area contributed by atoms with Gasteiger partial charge in [0.15, 0.2) is 0 Å². The van der Waals surface area contributed by atoms with Crippen LogP contribution in [0.5, 0.6) is 0 Å². The molecule has 0 aliphatic rings. The van der Waals surface area contributed by atoms with Gasteiger partial charge in [-0.05, 0) is 70.2 Å². The van der Waals surface area contributed by atoms with E-state index in [1.54, 1.807) is 4.90 Å². The number of anilines is 1. The van der Waals surface area contributed by atoms with E-state index in [1.165, 1.54) is 0 Å². The van der Waals surface area contributed by atoms with Crippen LogP contribution in [0.1, 0.15) is 23.1 Å². The van der Waals surface area contributed by atoms with E-state index in [1.807, 2.05) is 70.4 Å². The van der Waals surface area contributed by atoms with Gasteiger partial charge in [-0.3, -0.25) is 4.79 Å². The van der Waals surface area contributed by atoms with Gasteiger partial charge in [-0.25, -0.2) is 4.79 Å². The number of urea groups is 1. The smallest absolute Gasteiger partial charge is 0.321 e. The van der Waals surface area contributed by atoms with Crippen molar-refractivity contribution < 1.29 is 4.79 Å². The first-order valence-electron chi connectivity index (χ1n) is 10.2. The van der Waals surface area contributed by atoms with E-state index in [9.17, 15) is 9.59 Å². The van der Waals surface area contributed by atoms with Crippen LogP contribution in [0.25, 0.3) is 10.9 Å². The lowest BCUT2D eigenvalue weighted by molar-refractivity contribution is 0.205. The number of nitrogens with zero attached hydrogens (tertiary/aromatic N) is 2. The normalized spacial score (nSPS) is 11.1. The van der Waals surface area contributed by atoms with Gasteiger partial charge in [0.2, 0.25) is 0 Å². The van der Waals surface area contributed by atoms with Gasteiger partial charge in [0, 0.05) is 23.2 Å². The third-order valence-electron chi connectivity index (χ3n) is 5.23. The quantitative estimate of drug-likeness (QED) is 0.620. The minimum atomic E-state index is -0.208. The van der Waals surface area contributed by atoms with Crippen molar-refractivity contribution in [2.45, 2.75) is 26.8 Å². The number of hydrogen-bond acceptors (Lipinski definition) is 3. The third-order valence-corrected chi connectivity index (χ3v) is 5.23. The summed E-state index contributed by atoms with van der Waals surface area (Å²) in [5.74, 6) is 0. The van der Waals surface area contributed by atoms with Gasteiger partial charge in [0.1, 0.15) is 0 Å². The summed E-state index contributed by atoms with van der Waals surface area (Å²) in [6, 6.07) is 15.1. The number of H-pyrrole nitrogens is 1. The van der Waals surface area contributed by atoms with Crippen molar-refractivity contribution in [1.82, 2.24) is 14.8 Å². The fourth-order valence-corrected chi connectivity index (χ4v) is 3.50. The molecule has 2 aromatic carbocycles. The molecule has 0 bridgehead atoms. The van der Waals surface area contributed by atoms with E-state index in [0.717, 1.165) is 40.7 Å². The fourth-order valence-electron chi connectivity index (χ4n) is 3.50. The molecule has 0 spiro atoms. The number of pyridine rings is 1. The Morgan fingerprint density at radius 2 is 1.70 bits per heavy atom. The number of benzene rings is 2. The zero-order chi connectivity index (χ0) is 21.7. The molecule has 0 saturated carbocycles. The highest BCUT2D eigenvalue weighted by Crippen LogP contribution is 2.20. The van der Waals surface area contributed by atoms with Gasteiger partial charge in [0.25, 0.3) is 5.56 Å². The average molecular weight is 407 g/mol. The number of rotatable bonds is 7. The summed E-state index contributed by atoms with van der Waals surface area (Å²) >= 11 is 0. The molecule has 0 unspecified atom stereocenters. The maximum absolute atomic E-state index is 13.0. The van der Waals surface area contributed by atoms with Crippen LogP contribution in [0.4, 0.5) is 10.5 Å². The van der Waals surface area contributed by atoms with Gasteiger partial charge in [-0.1, -0.05) is 30.3 Å². The van der Waals surface area contributed by atoms with E-state index in [2.05, 4.69) is 21.3 Å². The van der Waals surface area contributed by atoms with Crippen LogP contribution in [0, 0.1) is 13.8 Å². The molecule has 0 aliphatic carbocycles. The minimum absolute atomic E-state index is 0.152. The summed E-state index contributed by atoms with van der Waals surface area (Å²) in [4.78, 5) is 32.6. The second kappa shape index (κ2) is 9.59. The van der Waals surface area contributed by atoms with E-state index in [4.69, 9.17) is 0 Å². The molecular weight excluding hydrogens is 376 g/mol. The highest BCUT2D eigenvalue weighted by molar-refractivity contribution is 5.89. The number of nitrogens with one attached hydrogen (secondary N) is 2. The van der Waals surface area contributed by atoms with Crippen molar-refractivity contribution in [3.8, 4) is 0 Å². The van der Waals surface area contributed by atoms with Gasteiger partial charge >= 0.3 is 6.03 Å². The first-order chi connectivity index (χ1) is 14.3. The number of aromatic amines is 1. The van der Waals surface area contributed by atoms with Crippen LogP contribution in [0.3, 0.4) is 0 Å². The molecular formula is C24H30N4O2. The van der Waals surface area contributed by atoms with E-state index in [-0.39, 0.29) is 18.1 Å². The zero-order valence-electron chi connectivity index (χ0n) is 18.2. The monoisotopic (exact) mass is 406 g/mol. The van der Waals surface area contributed by atoms with E-state index >= 15 is 0 Å². The zero-order valence-corrected chi connectivity index (χ0v) is 18.2. The summed E-state index contributed by atoms with van der Waals surface area (Å²) in [5, 5.41) is 3.95. The molecule has 0 aliphatic heterocycles. The topological polar surface area (TPSA) is 68.4 Å². The van der Waals surface area contributed by atoms with Crippen LogP contribution in [0.2, 0.25) is 0 Å². The van der Waals surface area contributed by atoms with Gasteiger partial charge in [-0.2, -0.15) is 0 Å². The Hall–Kier alpha value is -3.12. The molecule has 1 heterocycles. The van der Waals surface area contributed by atoms with Crippen LogP contribution >= 0.6 is 0 Å². The molecule has 1 aromatic heterocycles. The summed E-state index contributed by atoms with van der Waals surface area (Å²) < 4.78 is 0. The van der Waals surface area contributed by atoms with Crippen LogP contribution in [-0.2, 0) is 6.54 Å². The maximum Gasteiger partial charge on any atom is 0.322 e. The van der Waals surface area contributed by atoms with Crippen molar-refractivity contribution in [2.24, 2.45) is 0 Å². The standard InChI is InChI=1S/C24H30N4O2/c1-17-11-12-18(2)22-21(17)15-19(23(29)26-22)16-28(14-8-13-27(3)4)24(30)25-20-9-6-5-7-10-20/h5-7,9-12,15H,8,13-14,16H2,1-4H3,(H,25,30)(H,26,29). The van der Waals surface area contributed by atoms with Crippen LogP contribution < -0.4 is 10.9 Å². The lowest BCUT2D eigenvalue weighted by atomic mass is 10.0. The van der Waals surface area contributed by atoms with Gasteiger partial charge in [-0.15, -0.1) is 0 Å². The molecule has 0 saturated heterocycles. The Morgan fingerprint density at radius 3 is 2.40 bits per heavy atom. The Morgan fingerprint density at radius 1 is 1.00 bits per heavy atom. The molecule has 6 nitrogen and oxygen atoms in total. The van der Waals surface area contributed by atoms with Crippen LogP contribution in [0.15, 0.2) is 53.3 Å². The second-order valence-electron chi connectivity index (χ2n) is 7.99. The highest BCUT2D eigenvalue weighted by atomic mass is 16.2. The van der Waals surface area contributed by atoms with Crippen molar-refractivity contribution in [3.63, 3.8) is 0 Å². The molecule has 0 atom stereocenters. The fraction of sp³-hybridized carbons (Fsp3) is 0.333. The minimum Gasteiger partial charge on any atom is -0.321 e. The number of aromatic nitrogens is 1. The first-order valence-corrected chi connectivity index (χ1v) is 10.2. The molecule has 3 rings (SSSR count). The van der Waals surface area contributed by atoms with E-state index in [0.29, 0.717) is 12.1 Å². The second-order valence-corrected chi connectivity index (χ2v) is 7.99. The van der Waals surface area contributed by atoms with Crippen molar-refractivity contribution >= 4 is 22.6 Å². The number of fused-ring (bicyclic) bond motifs is 1. The highest BCUT2D eigenvalue weighted by Gasteiger charge is 2.17. The van der Waals surface area contributed by atoms with E-state index < -0.39 is 0 Å². The molecule has 0 radical (unpaired) electrons. The molecule has 30 heavy (non-hydrogen) atoms. The number of aryl methyl sites for hydroxylation is 2. The summed E-state index contributed by atoms with van der Waals surface area (Å²) in [5.41, 5.74) is 4.16. The number of para-hydroxylation sites is 1. The van der Waals surface area contributed by atoms with Crippen molar-refractivity contribution in [3.05, 3.63) is 75.6 Å². The lowest BCUT2D eigenvalue weighted by Gasteiger charge is -2.24. The predicted molar refractivity (Wildman–Crippen MR) is 123 cm³/mol. The molecule has 0 fully saturated rings. The molecule has 2 amide bonds. The molecule has 3 aromatic rings. The van der Waals surface area contributed by atoms with Crippen molar-refractivity contribution in [2.75, 3.05) is 32.5 Å². The van der Waals surface area contributed by atoms with Gasteiger partial charge < -0.3 is 20.1 Å². The molecule has 158 valence electrons.